The minimum atomic E-state index is 0.225. The molecule has 2 saturated carbocycles. The maximum Gasteiger partial charge on any atom is 0.254 e. The lowest BCUT2D eigenvalue weighted by Crippen LogP contribution is -2.40. The number of hydrogen-bond acceptors (Lipinski definition) is 2. The molecule has 0 saturated heterocycles. The highest BCUT2D eigenvalue weighted by molar-refractivity contribution is 5.95. The standard InChI is InChI=1S/C17H23NO2/c1-20-12-13-6-8-14(9-7-13)17(19)18(16-10-11-16)15-4-2-3-5-15/h6-9,15-16H,2-5,10-12H2,1H3. The number of carbonyl (C=O) groups excluding carboxylic acids is 1. The van der Waals surface area contributed by atoms with Gasteiger partial charge in [-0.15, -0.1) is 0 Å². The van der Waals surface area contributed by atoms with Crippen molar-refractivity contribution in [2.45, 2.75) is 57.2 Å². The van der Waals surface area contributed by atoms with Gasteiger partial charge in [-0.05, 0) is 43.4 Å². The van der Waals surface area contributed by atoms with Gasteiger partial charge in [0.1, 0.15) is 0 Å². The summed E-state index contributed by atoms with van der Waals surface area (Å²) >= 11 is 0. The smallest absolute Gasteiger partial charge is 0.254 e. The first kappa shape index (κ1) is 13.6. The summed E-state index contributed by atoms with van der Waals surface area (Å²) in [5.41, 5.74) is 1.94. The van der Waals surface area contributed by atoms with Gasteiger partial charge in [-0.25, -0.2) is 0 Å². The third-order valence-corrected chi connectivity index (χ3v) is 4.40. The van der Waals surface area contributed by atoms with E-state index in [0.717, 1.165) is 11.1 Å². The van der Waals surface area contributed by atoms with E-state index in [1.54, 1.807) is 7.11 Å². The molecule has 20 heavy (non-hydrogen) atoms. The fourth-order valence-corrected chi connectivity index (χ4v) is 3.22. The predicted molar refractivity (Wildman–Crippen MR) is 78.6 cm³/mol. The first-order valence-corrected chi connectivity index (χ1v) is 7.70. The van der Waals surface area contributed by atoms with Crippen LogP contribution in [0.4, 0.5) is 0 Å². The Kier molecular flexibility index (Phi) is 4.06. The lowest BCUT2D eigenvalue weighted by atomic mass is 10.1. The molecule has 0 radical (unpaired) electrons. The monoisotopic (exact) mass is 273 g/mol. The van der Waals surface area contributed by atoms with E-state index in [1.807, 2.05) is 24.3 Å². The number of carbonyl (C=O) groups is 1. The molecule has 0 aromatic heterocycles. The number of rotatable bonds is 5. The van der Waals surface area contributed by atoms with Crippen molar-refractivity contribution in [3.8, 4) is 0 Å². The van der Waals surface area contributed by atoms with E-state index >= 15 is 0 Å². The molecule has 0 N–H and O–H groups in total. The van der Waals surface area contributed by atoms with Crippen LogP contribution in [0.25, 0.3) is 0 Å². The molecular formula is C17H23NO2. The Hall–Kier alpha value is -1.35. The van der Waals surface area contributed by atoms with Crippen molar-refractivity contribution in [3.63, 3.8) is 0 Å². The quantitative estimate of drug-likeness (QED) is 0.823. The van der Waals surface area contributed by atoms with Crippen LogP contribution in [-0.4, -0.2) is 30.0 Å². The number of amides is 1. The molecule has 3 nitrogen and oxygen atoms in total. The Morgan fingerprint density at radius 2 is 1.70 bits per heavy atom. The molecule has 3 heteroatoms. The van der Waals surface area contributed by atoms with Gasteiger partial charge in [-0.3, -0.25) is 4.79 Å². The molecular weight excluding hydrogens is 250 g/mol. The van der Waals surface area contributed by atoms with Crippen LogP contribution < -0.4 is 0 Å². The molecule has 0 bridgehead atoms. The van der Waals surface area contributed by atoms with E-state index in [9.17, 15) is 4.79 Å². The van der Waals surface area contributed by atoms with Crippen LogP contribution in [0.1, 0.15) is 54.4 Å². The number of benzene rings is 1. The summed E-state index contributed by atoms with van der Waals surface area (Å²) < 4.78 is 5.11. The molecule has 0 atom stereocenters. The summed E-state index contributed by atoms with van der Waals surface area (Å²) in [6.45, 7) is 0.601. The second-order valence-corrected chi connectivity index (χ2v) is 6.01. The highest BCUT2D eigenvalue weighted by Crippen LogP contribution is 2.35. The van der Waals surface area contributed by atoms with Crippen molar-refractivity contribution in [3.05, 3.63) is 35.4 Å². The Labute approximate surface area is 120 Å². The van der Waals surface area contributed by atoms with E-state index in [0.29, 0.717) is 18.7 Å². The Balaban J connectivity index is 1.74. The third kappa shape index (κ3) is 2.88. The Morgan fingerprint density at radius 1 is 1.10 bits per heavy atom. The van der Waals surface area contributed by atoms with E-state index in [2.05, 4.69) is 4.90 Å². The summed E-state index contributed by atoms with van der Waals surface area (Å²) in [6.07, 6.45) is 7.28. The zero-order valence-electron chi connectivity index (χ0n) is 12.2. The highest BCUT2D eigenvalue weighted by atomic mass is 16.5. The van der Waals surface area contributed by atoms with Gasteiger partial charge in [0.15, 0.2) is 0 Å². The van der Waals surface area contributed by atoms with Crippen LogP contribution >= 0.6 is 0 Å². The molecule has 0 aliphatic heterocycles. The van der Waals surface area contributed by atoms with Gasteiger partial charge in [0.05, 0.1) is 6.61 Å². The molecule has 2 aliphatic rings. The zero-order chi connectivity index (χ0) is 13.9. The molecule has 0 heterocycles. The van der Waals surface area contributed by atoms with E-state index in [4.69, 9.17) is 4.74 Å². The number of hydrogen-bond donors (Lipinski definition) is 0. The van der Waals surface area contributed by atoms with Crippen molar-refractivity contribution < 1.29 is 9.53 Å². The highest BCUT2D eigenvalue weighted by Gasteiger charge is 2.38. The van der Waals surface area contributed by atoms with E-state index in [-0.39, 0.29) is 5.91 Å². The molecule has 1 aromatic carbocycles. The average molecular weight is 273 g/mol. The predicted octanol–water partition coefficient (Wildman–Crippen LogP) is 3.38. The van der Waals surface area contributed by atoms with Crippen molar-refractivity contribution >= 4 is 5.91 Å². The van der Waals surface area contributed by atoms with Gasteiger partial charge in [-0.2, -0.15) is 0 Å². The molecule has 0 unspecified atom stereocenters. The minimum absolute atomic E-state index is 0.225. The van der Waals surface area contributed by atoms with Crippen molar-refractivity contribution in [1.82, 2.24) is 4.90 Å². The van der Waals surface area contributed by atoms with Gasteiger partial charge < -0.3 is 9.64 Å². The van der Waals surface area contributed by atoms with Gasteiger partial charge in [0.2, 0.25) is 0 Å². The van der Waals surface area contributed by atoms with Gasteiger partial charge in [0, 0.05) is 24.8 Å². The summed E-state index contributed by atoms with van der Waals surface area (Å²) in [4.78, 5) is 15.0. The average Bonchev–Trinajstić information content (AvgIpc) is 3.14. The Morgan fingerprint density at radius 3 is 2.25 bits per heavy atom. The molecule has 108 valence electrons. The maximum atomic E-state index is 12.8. The van der Waals surface area contributed by atoms with Gasteiger partial charge >= 0.3 is 0 Å². The van der Waals surface area contributed by atoms with Crippen LogP contribution in [0, 0.1) is 0 Å². The van der Waals surface area contributed by atoms with Crippen LogP contribution in [0.2, 0.25) is 0 Å². The van der Waals surface area contributed by atoms with Gasteiger partial charge in [0.25, 0.3) is 5.91 Å². The molecule has 2 fully saturated rings. The summed E-state index contributed by atoms with van der Waals surface area (Å²) in [5.74, 6) is 0.225. The van der Waals surface area contributed by atoms with Crippen LogP contribution in [-0.2, 0) is 11.3 Å². The lowest BCUT2D eigenvalue weighted by molar-refractivity contribution is 0.0664. The van der Waals surface area contributed by atoms with E-state index < -0.39 is 0 Å². The Bertz CT molecular complexity index is 458. The largest absolute Gasteiger partial charge is 0.380 e. The van der Waals surface area contributed by atoms with Crippen LogP contribution in [0.15, 0.2) is 24.3 Å². The number of nitrogens with zero attached hydrogens (tertiary/aromatic N) is 1. The van der Waals surface area contributed by atoms with Crippen molar-refractivity contribution in [1.29, 1.82) is 0 Å². The van der Waals surface area contributed by atoms with Crippen molar-refractivity contribution in [2.24, 2.45) is 0 Å². The number of methoxy groups -OCH3 is 1. The second-order valence-electron chi connectivity index (χ2n) is 6.01. The topological polar surface area (TPSA) is 29.5 Å². The second kappa shape index (κ2) is 5.96. The van der Waals surface area contributed by atoms with Crippen LogP contribution in [0.3, 0.4) is 0 Å². The van der Waals surface area contributed by atoms with Crippen LogP contribution in [0.5, 0.6) is 0 Å². The van der Waals surface area contributed by atoms with Crippen molar-refractivity contribution in [2.75, 3.05) is 7.11 Å². The number of ether oxygens (including phenoxy) is 1. The van der Waals surface area contributed by atoms with Gasteiger partial charge in [-0.1, -0.05) is 25.0 Å². The minimum Gasteiger partial charge on any atom is -0.380 e. The molecule has 1 aromatic rings. The summed E-state index contributed by atoms with van der Waals surface area (Å²) in [5, 5.41) is 0. The fourth-order valence-electron chi connectivity index (χ4n) is 3.22. The maximum absolute atomic E-state index is 12.8. The summed E-state index contributed by atoms with van der Waals surface area (Å²) in [7, 11) is 1.69. The molecule has 0 spiro atoms. The zero-order valence-corrected chi connectivity index (χ0v) is 12.2. The first-order chi connectivity index (χ1) is 9.79. The third-order valence-electron chi connectivity index (χ3n) is 4.40. The molecule has 1 amide bonds. The first-order valence-electron chi connectivity index (χ1n) is 7.70. The molecule has 3 rings (SSSR count). The normalized spacial score (nSPS) is 19.2. The van der Waals surface area contributed by atoms with E-state index in [1.165, 1.54) is 38.5 Å². The SMILES string of the molecule is COCc1ccc(C(=O)N(C2CCCC2)C2CC2)cc1. The summed E-state index contributed by atoms with van der Waals surface area (Å²) in [6, 6.07) is 8.87. The molecule has 2 aliphatic carbocycles. The lowest BCUT2D eigenvalue weighted by Gasteiger charge is -2.29. The fraction of sp³-hybridized carbons (Fsp3) is 0.588.